The maximum Gasteiger partial charge on any atom is 0.262 e. The molecule has 0 fully saturated rings. The third-order valence-electron chi connectivity index (χ3n) is 4.69. The van der Waals surface area contributed by atoms with E-state index in [1.165, 1.54) is 4.57 Å². The Morgan fingerprint density at radius 1 is 1.13 bits per heavy atom. The largest absolute Gasteiger partial charge is 0.493 e. The molecule has 0 spiro atoms. The van der Waals surface area contributed by atoms with E-state index in [1.54, 1.807) is 44.6 Å². The second kappa shape index (κ2) is 10.7. The maximum atomic E-state index is 12.7. The normalized spacial score (nSPS) is 10.8. The third kappa shape index (κ3) is 5.50. The van der Waals surface area contributed by atoms with Crippen LogP contribution in [0.2, 0.25) is 0 Å². The zero-order chi connectivity index (χ0) is 22.2. The van der Waals surface area contributed by atoms with Gasteiger partial charge in [0.25, 0.3) is 11.5 Å². The number of H-pyrrole nitrogens is 1. The van der Waals surface area contributed by atoms with Crippen LogP contribution in [-0.2, 0) is 11.3 Å². The summed E-state index contributed by atoms with van der Waals surface area (Å²) in [5.41, 5.74) is 0.759. The predicted octanol–water partition coefficient (Wildman–Crippen LogP) is 2.91. The highest BCUT2D eigenvalue weighted by Crippen LogP contribution is 2.25. The second-order valence-electron chi connectivity index (χ2n) is 6.75. The van der Waals surface area contributed by atoms with E-state index < -0.39 is 0 Å². The summed E-state index contributed by atoms with van der Waals surface area (Å²) in [6.07, 6.45) is 0.677. The van der Waals surface area contributed by atoms with Crippen molar-refractivity contribution < 1.29 is 19.0 Å². The molecule has 0 aliphatic rings. The molecule has 0 radical (unpaired) electrons. The molecule has 2 N–H and O–H groups in total. The maximum absolute atomic E-state index is 12.7. The number of hydrogen-bond donors (Lipinski definition) is 2. The van der Waals surface area contributed by atoms with E-state index in [9.17, 15) is 9.59 Å². The third-order valence-corrected chi connectivity index (χ3v) is 5.01. The minimum absolute atomic E-state index is 0.188. The Balaban J connectivity index is 1.65. The molecule has 0 saturated heterocycles. The Labute approximate surface area is 184 Å². The summed E-state index contributed by atoms with van der Waals surface area (Å²) in [6.45, 7) is 1.60. The predicted molar refractivity (Wildman–Crippen MR) is 121 cm³/mol. The lowest BCUT2D eigenvalue weighted by Gasteiger charge is -2.11. The van der Waals surface area contributed by atoms with Crippen LogP contribution in [0.15, 0.2) is 47.3 Å². The number of hydrogen-bond acceptors (Lipinski definition) is 6. The number of aromatic nitrogens is 2. The summed E-state index contributed by atoms with van der Waals surface area (Å²) < 4.78 is 17.7. The number of nitrogens with one attached hydrogen (secondary N) is 2. The van der Waals surface area contributed by atoms with Gasteiger partial charge in [0.1, 0.15) is 6.61 Å². The Bertz CT molecular complexity index is 1170. The van der Waals surface area contributed by atoms with E-state index in [4.69, 9.17) is 26.4 Å². The molecule has 3 aromatic rings. The van der Waals surface area contributed by atoms with Crippen molar-refractivity contribution >= 4 is 29.0 Å². The van der Waals surface area contributed by atoms with Gasteiger partial charge in [-0.3, -0.25) is 14.2 Å². The molecule has 1 aromatic heterocycles. The first kappa shape index (κ1) is 22.5. The van der Waals surface area contributed by atoms with E-state index in [2.05, 4.69) is 10.3 Å². The number of methoxy groups -OCH3 is 2. The van der Waals surface area contributed by atoms with Crippen LogP contribution < -0.4 is 20.3 Å². The van der Waals surface area contributed by atoms with Crippen molar-refractivity contribution in [2.24, 2.45) is 0 Å². The Morgan fingerprint density at radius 3 is 2.65 bits per heavy atom. The van der Waals surface area contributed by atoms with Crippen molar-refractivity contribution in [2.45, 2.75) is 13.0 Å². The molecule has 1 amide bonds. The Kier molecular flexibility index (Phi) is 7.80. The number of benzene rings is 2. The highest BCUT2D eigenvalue weighted by Gasteiger charge is 2.11. The van der Waals surface area contributed by atoms with Gasteiger partial charge < -0.3 is 24.5 Å². The van der Waals surface area contributed by atoms with Gasteiger partial charge in [0, 0.05) is 25.8 Å². The highest BCUT2D eigenvalue weighted by molar-refractivity contribution is 7.71. The van der Waals surface area contributed by atoms with Crippen molar-refractivity contribution in [3.8, 4) is 11.5 Å². The first-order chi connectivity index (χ1) is 15.0. The van der Waals surface area contributed by atoms with E-state index in [-0.39, 0.29) is 18.1 Å². The number of aromatic amines is 1. The number of carbonyl (C=O) groups is 1. The molecule has 0 aliphatic heterocycles. The van der Waals surface area contributed by atoms with Gasteiger partial charge in [0.05, 0.1) is 24.6 Å². The number of amides is 1. The molecule has 0 unspecified atom stereocenters. The van der Waals surface area contributed by atoms with Crippen molar-refractivity contribution in [3.63, 3.8) is 0 Å². The smallest absolute Gasteiger partial charge is 0.262 e. The summed E-state index contributed by atoms with van der Waals surface area (Å²) in [4.78, 5) is 28.3. The molecule has 0 saturated carbocycles. The number of para-hydroxylation sites is 2. The van der Waals surface area contributed by atoms with Crippen LogP contribution in [0.1, 0.15) is 16.8 Å². The minimum Gasteiger partial charge on any atom is -0.493 e. The highest BCUT2D eigenvalue weighted by atomic mass is 32.1. The quantitative estimate of drug-likeness (QED) is 0.370. The van der Waals surface area contributed by atoms with Crippen LogP contribution in [0.25, 0.3) is 10.9 Å². The first-order valence-electron chi connectivity index (χ1n) is 9.85. The van der Waals surface area contributed by atoms with Crippen LogP contribution in [0.3, 0.4) is 0 Å². The van der Waals surface area contributed by atoms with Crippen LogP contribution in [0, 0.1) is 4.77 Å². The van der Waals surface area contributed by atoms with Crippen LogP contribution in [-0.4, -0.2) is 49.4 Å². The summed E-state index contributed by atoms with van der Waals surface area (Å²) in [6, 6.07) is 12.2. The second-order valence-corrected chi connectivity index (χ2v) is 7.14. The zero-order valence-corrected chi connectivity index (χ0v) is 18.3. The molecular formula is C22H25N3O5S. The summed E-state index contributed by atoms with van der Waals surface area (Å²) in [7, 11) is 3.18. The Hall–Kier alpha value is -3.17. The first-order valence-corrected chi connectivity index (χ1v) is 10.3. The molecule has 2 aromatic carbocycles. The molecule has 164 valence electrons. The molecule has 8 nitrogen and oxygen atoms in total. The molecule has 31 heavy (non-hydrogen) atoms. The van der Waals surface area contributed by atoms with Gasteiger partial charge in [-0.15, -0.1) is 0 Å². The number of nitrogens with zero attached hydrogens (tertiary/aromatic N) is 1. The Morgan fingerprint density at radius 2 is 1.90 bits per heavy atom. The van der Waals surface area contributed by atoms with Gasteiger partial charge >= 0.3 is 0 Å². The van der Waals surface area contributed by atoms with Gasteiger partial charge in [-0.05, 0) is 49.0 Å². The summed E-state index contributed by atoms with van der Waals surface area (Å²) in [5, 5.41) is 3.28. The van der Waals surface area contributed by atoms with Gasteiger partial charge in [-0.2, -0.15) is 0 Å². The van der Waals surface area contributed by atoms with Gasteiger partial charge in [-0.1, -0.05) is 12.1 Å². The zero-order valence-electron chi connectivity index (χ0n) is 17.5. The van der Waals surface area contributed by atoms with E-state index in [1.807, 2.05) is 12.1 Å². The topological polar surface area (TPSA) is 94.6 Å². The molecule has 1 heterocycles. The summed E-state index contributed by atoms with van der Waals surface area (Å²) in [5.74, 6) is 0.972. The molecule has 3 rings (SSSR count). The van der Waals surface area contributed by atoms with Crippen LogP contribution in [0.5, 0.6) is 11.5 Å². The number of ether oxygens (including phenoxy) is 3. The lowest BCUT2D eigenvalue weighted by Crippen LogP contribution is -2.28. The molecule has 9 heteroatoms. The fourth-order valence-corrected chi connectivity index (χ4v) is 3.42. The minimum atomic E-state index is -0.269. The van der Waals surface area contributed by atoms with Crippen LogP contribution >= 0.6 is 12.2 Å². The number of rotatable bonds is 10. The standard InChI is InChI=1S/C22H25N3O5S/c1-28-12-5-11-25-21(27)16-9-8-15(14-17(16)24-22(25)31)20(26)23-10-13-30-19-7-4-3-6-18(19)29-2/h3-4,6-9,14H,5,10-13H2,1-2H3,(H,23,26)(H,24,31). The van der Waals surface area contributed by atoms with Crippen molar-refractivity contribution in [1.82, 2.24) is 14.9 Å². The lowest BCUT2D eigenvalue weighted by molar-refractivity contribution is 0.0947. The van der Waals surface area contributed by atoms with E-state index >= 15 is 0 Å². The monoisotopic (exact) mass is 443 g/mol. The van der Waals surface area contributed by atoms with Gasteiger partial charge in [0.15, 0.2) is 16.3 Å². The number of fused-ring (bicyclic) bond motifs is 1. The number of carbonyl (C=O) groups excluding carboxylic acids is 1. The SMILES string of the molecule is COCCCn1c(=S)[nH]c2cc(C(=O)NCCOc3ccccc3OC)ccc2c1=O. The van der Waals surface area contributed by atoms with Crippen molar-refractivity contribution in [2.75, 3.05) is 34.0 Å². The molecule has 0 bridgehead atoms. The van der Waals surface area contributed by atoms with Gasteiger partial charge in [0.2, 0.25) is 0 Å². The van der Waals surface area contributed by atoms with Gasteiger partial charge in [-0.25, -0.2) is 0 Å². The molecule has 0 atom stereocenters. The molecule has 0 aliphatic carbocycles. The fourth-order valence-electron chi connectivity index (χ4n) is 3.13. The van der Waals surface area contributed by atoms with E-state index in [0.29, 0.717) is 58.9 Å². The summed E-state index contributed by atoms with van der Waals surface area (Å²) >= 11 is 5.32. The fraction of sp³-hybridized carbons (Fsp3) is 0.318. The van der Waals surface area contributed by atoms with Crippen molar-refractivity contribution in [3.05, 3.63) is 63.2 Å². The average molecular weight is 444 g/mol. The van der Waals surface area contributed by atoms with E-state index in [0.717, 1.165) is 0 Å². The van der Waals surface area contributed by atoms with Crippen molar-refractivity contribution in [1.29, 1.82) is 0 Å². The van der Waals surface area contributed by atoms with Crippen LogP contribution in [0.4, 0.5) is 0 Å². The average Bonchev–Trinajstić information content (AvgIpc) is 2.78. The lowest BCUT2D eigenvalue weighted by atomic mass is 10.1. The molecular weight excluding hydrogens is 418 g/mol.